The van der Waals surface area contributed by atoms with Gasteiger partial charge in [0.25, 0.3) is 0 Å². The van der Waals surface area contributed by atoms with Crippen LogP contribution in [0.4, 0.5) is 10.1 Å². The number of anilines is 1. The molecule has 5 heteroatoms. The Morgan fingerprint density at radius 2 is 1.90 bits per heavy atom. The summed E-state index contributed by atoms with van der Waals surface area (Å²) in [6, 6.07) is 11.8. The predicted molar refractivity (Wildman–Crippen MR) is 75.9 cm³/mol. The Kier molecular flexibility index (Phi) is 3.61. The molecule has 0 saturated heterocycles. The zero-order valence-corrected chi connectivity index (χ0v) is 11.2. The first-order valence-corrected chi connectivity index (χ1v) is 6.58. The van der Waals surface area contributed by atoms with Crippen molar-refractivity contribution < 1.29 is 13.9 Å². The average Bonchev–Trinajstić information content (AvgIpc) is 2.52. The third-order valence-corrected chi connectivity index (χ3v) is 3.13. The molecule has 0 atom stereocenters. The van der Waals surface area contributed by atoms with Crippen molar-refractivity contribution in [1.29, 1.82) is 5.26 Å². The van der Waals surface area contributed by atoms with E-state index >= 15 is 0 Å². The van der Waals surface area contributed by atoms with Crippen LogP contribution in [0.3, 0.4) is 0 Å². The van der Waals surface area contributed by atoms with E-state index in [9.17, 15) is 4.39 Å². The van der Waals surface area contributed by atoms with Gasteiger partial charge in [0.1, 0.15) is 19.0 Å². The Hall–Kier alpha value is -2.74. The highest BCUT2D eigenvalue weighted by Crippen LogP contribution is 2.31. The number of nitrogens with zero attached hydrogens (tertiary/aromatic N) is 1. The van der Waals surface area contributed by atoms with Gasteiger partial charge in [-0.2, -0.15) is 5.26 Å². The van der Waals surface area contributed by atoms with E-state index in [1.54, 1.807) is 6.07 Å². The van der Waals surface area contributed by atoms with Crippen LogP contribution in [0.2, 0.25) is 0 Å². The molecule has 0 radical (unpaired) electrons. The molecule has 1 aliphatic rings. The summed E-state index contributed by atoms with van der Waals surface area (Å²) in [7, 11) is 0. The van der Waals surface area contributed by atoms with E-state index < -0.39 is 5.82 Å². The van der Waals surface area contributed by atoms with Gasteiger partial charge in [0.2, 0.25) is 0 Å². The monoisotopic (exact) mass is 284 g/mol. The van der Waals surface area contributed by atoms with Crippen molar-refractivity contribution in [1.82, 2.24) is 0 Å². The van der Waals surface area contributed by atoms with Crippen molar-refractivity contribution >= 4 is 5.69 Å². The van der Waals surface area contributed by atoms with Crippen LogP contribution >= 0.6 is 0 Å². The van der Waals surface area contributed by atoms with Crippen LogP contribution in [0, 0.1) is 17.1 Å². The molecule has 0 saturated carbocycles. The maximum Gasteiger partial charge on any atom is 0.161 e. The normalized spacial score (nSPS) is 12.6. The van der Waals surface area contributed by atoms with E-state index in [4.69, 9.17) is 14.7 Å². The van der Waals surface area contributed by atoms with Crippen molar-refractivity contribution in [2.24, 2.45) is 0 Å². The SMILES string of the molecule is N#Cc1cc(F)cc(NCc2ccc3c(c2)OCCO3)c1. The molecule has 2 aromatic carbocycles. The van der Waals surface area contributed by atoms with E-state index in [1.165, 1.54) is 12.1 Å². The number of benzene rings is 2. The van der Waals surface area contributed by atoms with Gasteiger partial charge in [-0.05, 0) is 35.9 Å². The fraction of sp³-hybridized carbons (Fsp3) is 0.188. The Balaban J connectivity index is 1.73. The Labute approximate surface area is 121 Å². The number of halogens is 1. The molecular formula is C16H13FN2O2. The third-order valence-electron chi connectivity index (χ3n) is 3.13. The molecular weight excluding hydrogens is 271 g/mol. The van der Waals surface area contributed by atoms with Gasteiger partial charge in [0.05, 0.1) is 11.6 Å². The molecule has 0 amide bonds. The summed E-state index contributed by atoms with van der Waals surface area (Å²) >= 11 is 0. The highest BCUT2D eigenvalue weighted by Gasteiger charge is 2.11. The smallest absolute Gasteiger partial charge is 0.161 e. The fourth-order valence-electron chi connectivity index (χ4n) is 2.16. The average molecular weight is 284 g/mol. The molecule has 2 aromatic rings. The van der Waals surface area contributed by atoms with Crippen molar-refractivity contribution in [3.63, 3.8) is 0 Å². The molecule has 0 fully saturated rings. The quantitative estimate of drug-likeness (QED) is 0.941. The van der Waals surface area contributed by atoms with Crippen LogP contribution in [-0.4, -0.2) is 13.2 Å². The van der Waals surface area contributed by atoms with E-state index in [-0.39, 0.29) is 0 Å². The molecule has 106 valence electrons. The van der Waals surface area contributed by atoms with Crippen molar-refractivity contribution in [3.8, 4) is 17.6 Å². The standard InChI is InChI=1S/C16H13FN2O2/c17-13-5-12(9-18)6-14(8-13)19-10-11-1-2-15-16(7-11)21-4-3-20-15/h1-2,5-8,19H,3-4,10H2. The number of hydrogen-bond acceptors (Lipinski definition) is 4. The van der Waals surface area contributed by atoms with Crippen LogP contribution in [-0.2, 0) is 6.54 Å². The van der Waals surface area contributed by atoms with Gasteiger partial charge in [-0.1, -0.05) is 6.07 Å². The summed E-state index contributed by atoms with van der Waals surface area (Å²) in [5, 5.41) is 11.9. The second kappa shape index (κ2) is 5.71. The minimum atomic E-state index is -0.432. The summed E-state index contributed by atoms with van der Waals surface area (Å²) < 4.78 is 24.3. The molecule has 0 bridgehead atoms. The maximum atomic E-state index is 13.3. The minimum Gasteiger partial charge on any atom is -0.486 e. The van der Waals surface area contributed by atoms with Crippen molar-refractivity contribution in [2.75, 3.05) is 18.5 Å². The molecule has 1 heterocycles. The molecule has 0 unspecified atom stereocenters. The molecule has 0 aromatic heterocycles. The topological polar surface area (TPSA) is 54.3 Å². The number of nitrogens with one attached hydrogen (secondary N) is 1. The van der Waals surface area contributed by atoms with E-state index in [0.717, 1.165) is 17.1 Å². The first kappa shape index (κ1) is 13.3. The van der Waals surface area contributed by atoms with Crippen LogP contribution in [0.25, 0.3) is 0 Å². The molecule has 1 aliphatic heterocycles. The Morgan fingerprint density at radius 3 is 2.71 bits per heavy atom. The molecule has 21 heavy (non-hydrogen) atoms. The zero-order valence-electron chi connectivity index (χ0n) is 11.2. The highest BCUT2D eigenvalue weighted by atomic mass is 19.1. The van der Waals surface area contributed by atoms with Crippen LogP contribution in [0.15, 0.2) is 36.4 Å². The lowest BCUT2D eigenvalue weighted by Gasteiger charge is -2.19. The third kappa shape index (κ3) is 3.06. The number of hydrogen-bond donors (Lipinski definition) is 1. The summed E-state index contributed by atoms with van der Waals surface area (Å²) in [6.07, 6.45) is 0. The zero-order chi connectivity index (χ0) is 14.7. The lowest BCUT2D eigenvalue weighted by Crippen LogP contribution is -2.15. The van der Waals surface area contributed by atoms with E-state index in [1.807, 2.05) is 24.3 Å². The second-order valence-corrected chi connectivity index (χ2v) is 4.67. The van der Waals surface area contributed by atoms with Gasteiger partial charge in [-0.3, -0.25) is 0 Å². The van der Waals surface area contributed by atoms with E-state index in [2.05, 4.69) is 5.32 Å². The second-order valence-electron chi connectivity index (χ2n) is 4.67. The van der Waals surface area contributed by atoms with E-state index in [0.29, 0.717) is 31.0 Å². The Bertz CT molecular complexity index is 710. The fourth-order valence-corrected chi connectivity index (χ4v) is 2.16. The number of nitriles is 1. The van der Waals surface area contributed by atoms with Crippen LogP contribution in [0.5, 0.6) is 11.5 Å². The first-order chi connectivity index (χ1) is 10.2. The molecule has 1 N–H and O–H groups in total. The number of ether oxygens (including phenoxy) is 2. The summed E-state index contributed by atoms with van der Waals surface area (Å²) in [5.74, 6) is 1.03. The van der Waals surface area contributed by atoms with Crippen LogP contribution < -0.4 is 14.8 Å². The van der Waals surface area contributed by atoms with Gasteiger partial charge in [0.15, 0.2) is 11.5 Å². The molecule has 0 aliphatic carbocycles. The Morgan fingerprint density at radius 1 is 1.10 bits per heavy atom. The predicted octanol–water partition coefficient (Wildman–Crippen LogP) is 3.08. The lowest BCUT2D eigenvalue weighted by atomic mass is 10.1. The van der Waals surface area contributed by atoms with Gasteiger partial charge in [-0.15, -0.1) is 0 Å². The van der Waals surface area contributed by atoms with Gasteiger partial charge < -0.3 is 14.8 Å². The van der Waals surface area contributed by atoms with Crippen LogP contribution in [0.1, 0.15) is 11.1 Å². The number of rotatable bonds is 3. The summed E-state index contributed by atoms with van der Waals surface area (Å²) in [6.45, 7) is 1.61. The van der Waals surface area contributed by atoms with Gasteiger partial charge in [0, 0.05) is 12.2 Å². The largest absolute Gasteiger partial charge is 0.486 e. The van der Waals surface area contributed by atoms with Crippen molar-refractivity contribution in [3.05, 3.63) is 53.3 Å². The molecule has 4 nitrogen and oxygen atoms in total. The highest BCUT2D eigenvalue weighted by molar-refractivity contribution is 5.51. The first-order valence-electron chi connectivity index (χ1n) is 6.58. The summed E-state index contributed by atoms with van der Waals surface area (Å²) in [5.41, 5.74) is 1.85. The van der Waals surface area contributed by atoms with Crippen molar-refractivity contribution in [2.45, 2.75) is 6.54 Å². The minimum absolute atomic E-state index is 0.291. The molecule has 0 spiro atoms. The maximum absolute atomic E-state index is 13.3. The van der Waals surface area contributed by atoms with Gasteiger partial charge in [-0.25, -0.2) is 4.39 Å². The summed E-state index contributed by atoms with van der Waals surface area (Å²) in [4.78, 5) is 0. The number of fused-ring (bicyclic) bond motifs is 1. The lowest BCUT2D eigenvalue weighted by molar-refractivity contribution is 0.171. The molecule has 3 rings (SSSR count). The van der Waals surface area contributed by atoms with Gasteiger partial charge >= 0.3 is 0 Å².